The van der Waals surface area contributed by atoms with Crippen molar-refractivity contribution in [1.29, 1.82) is 0 Å². The highest BCUT2D eigenvalue weighted by atomic mass is 16.6. The largest absolute Gasteiger partial charge is 0.493 e. The van der Waals surface area contributed by atoms with Crippen LogP contribution in [0.25, 0.3) is 0 Å². The Morgan fingerprint density at radius 2 is 2.02 bits per heavy atom. The summed E-state index contributed by atoms with van der Waals surface area (Å²) in [6, 6.07) is 3.30. The van der Waals surface area contributed by atoms with Crippen molar-refractivity contribution in [3.05, 3.63) is 35.1 Å². The van der Waals surface area contributed by atoms with E-state index in [1.54, 1.807) is 13.2 Å². The fourth-order valence-corrected chi connectivity index (χ4v) is 7.22. The van der Waals surface area contributed by atoms with Gasteiger partial charge in [-0.15, -0.1) is 0 Å². The zero-order chi connectivity index (χ0) is 28.8. The van der Waals surface area contributed by atoms with Crippen LogP contribution in [0.15, 0.2) is 24.0 Å². The van der Waals surface area contributed by atoms with Crippen LogP contribution in [0.4, 0.5) is 0 Å². The number of rotatable bonds is 10. The maximum Gasteiger partial charge on any atom is 0.352 e. The van der Waals surface area contributed by atoms with E-state index in [1.807, 2.05) is 19.9 Å². The first-order valence-electron chi connectivity index (χ1n) is 14.3. The first-order valence-corrected chi connectivity index (χ1v) is 14.3. The Morgan fingerprint density at radius 1 is 1.25 bits per heavy atom. The van der Waals surface area contributed by atoms with Crippen molar-refractivity contribution in [1.82, 2.24) is 5.32 Å². The van der Waals surface area contributed by atoms with Crippen LogP contribution in [0.5, 0.6) is 11.5 Å². The molecular weight excluding hydrogens is 516 g/mol. The van der Waals surface area contributed by atoms with Gasteiger partial charge in [0.15, 0.2) is 23.7 Å². The van der Waals surface area contributed by atoms with Gasteiger partial charge in [-0.2, -0.15) is 0 Å². The van der Waals surface area contributed by atoms with E-state index in [0.717, 1.165) is 30.4 Å². The van der Waals surface area contributed by atoms with Crippen molar-refractivity contribution in [2.45, 2.75) is 95.0 Å². The van der Waals surface area contributed by atoms with Crippen LogP contribution < -0.4 is 20.5 Å². The molecule has 3 aliphatic carbocycles. The number of nitrogens with two attached hydrogens (primary N) is 1. The van der Waals surface area contributed by atoms with E-state index in [9.17, 15) is 19.5 Å². The van der Waals surface area contributed by atoms with Gasteiger partial charge in [0.05, 0.1) is 30.6 Å². The molecule has 10 heteroatoms. The first kappa shape index (κ1) is 28.4. The topological polar surface area (TPSA) is 146 Å². The minimum absolute atomic E-state index is 0.0526. The van der Waals surface area contributed by atoms with Crippen molar-refractivity contribution in [3.63, 3.8) is 0 Å². The van der Waals surface area contributed by atoms with Crippen molar-refractivity contribution < 1.29 is 38.4 Å². The zero-order valence-electron chi connectivity index (χ0n) is 23.7. The molecule has 40 heavy (non-hydrogen) atoms. The third kappa shape index (κ3) is 4.55. The second kappa shape index (κ2) is 10.7. The minimum Gasteiger partial charge on any atom is -0.493 e. The van der Waals surface area contributed by atoms with Gasteiger partial charge in [-0.3, -0.25) is 9.59 Å². The molecule has 1 saturated carbocycles. The SMILES string of the molecule is COc1ccc2c3c1O[C@H]1C(OC(=O)[C@H](C)OC(=O)CCNC(=O)[C@@H](N)CC(C)C)=CC[C@@]4(O)[C@H](CCC[C@]314)C2. The van der Waals surface area contributed by atoms with Crippen molar-refractivity contribution in [2.75, 3.05) is 13.7 Å². The molecule has 1 aromatic carbocycles. The summed E-state index contributed by atoms with van der Waals surface area (Å²) < 4.78 is 23.2. The quantitative estimate of drug-likeness (QED) is 0.370. The molecular formula is C30H40N2O8. The van der Waals surface area contributed by atoms with Gasteiger partial charge in [0, 0.05) is 12.1 Å². The summed E-state index contributed by atoms with van der Waals surface area (Å²) in [6.07, 6.45) is 3.95. The van der Waals surface area contributed by atoms with E-state index in [0.29, 0.717) is 36.5 Å². The van der Waals surface area contributed by atoms with Crippen LogP contribution in [-0.4, -0.2) is 60.5 Å². The summed E-state index contributed by atoms with van der Waals surface area (Å²) in [6.45, 7) is 5.44. The fourth-order valence-electron chi connectivity index (χ4n) is 7.22. The van der Waals surface area contributed by atoms with Gasteiger partial charge < -0.3 is 35.1 Å². The average Bonchev–Trinajstić information content (AvgIpc) is 3.24. The van der Waals surface area contributed by atoms with Crippen LogP contribution in [-0.2, 0) is 35.7 Å². The first-order chi connectivity index (χ1) is 19.0. The minimum atomic E-state index is -1.18. The number of methoxy groups -OCH3 is 1. The number of ether oxygens (including phenoxy) is 4. The van der Waals surface area contributed by atoms with E-state index < -0.39 is 41.2 Å². The number of esters is 2. The number of hydrogen-bond acceptors (Lipinski definition) is 9. The molecule has 0 saturated heterocycles. The molecule has 1 amide bonds. The predicted molar refractivity (Wildman–Crippen MR) is 144 cm³/mol. The van der Waals surface area contributed by atoms with Crippen LogP contribution in [0, 0.1) is 11.8 Å². The number of carbonyl (C=O) groups is 3. The van der Waals surface area contributed by atoms with Crippen LogP contribution in [0.1, 0.15) is 70.4 Å². The lowest BCUT2D eigenvalue weighted by Crippen LogP contribution is -2.67. The Hall–Kier alpha value is -3.11. The van der Waals surface area contributed by atoms with Crippen molar-refractivity contribution >= 4 is 17.8 Å². The third-order valence-electron chi connectivity index (χ3n) is 9.02. The fraction of sp³-hybridized carbons (Fsp3) is 0.633. The Kier molecular flexibility index (Phi) is 7.60. The standard InChI is InChI=1S/C30H40N2O8/c1-16(2)14-20(31)27(34)32-13-10-23(33)38-17(3)28(35)39-22-9-12-30(36)19-6-5-11-29(30)24-18(15-19)7-8-21(37-4)25(24)40-26(22)29/h7-9,16-17,19-20,26,36H,5-6,10-15,31H2,1-4H3,(H,32,34)/t17-,19+,20-,26-,29-,30+/m0/s1. The number of carbonyl (C=O) groups excluding carboxylic acids is 3. The second-order valence-electron chi connectivity index (χ2n) is 12.0. The number of benzene rings is 1. The van der Waals surface area contributed by atoms with Gasteiger partial charge in [0.1, 0.15) is 5.76 Å². The molecule has 218 valence electrons. The van der Waals surface area contributed by atoms with Crippen LogP contribution in [0.3, 0.4) is 0 Å². The second-order valence-corrected chi connectivity index (χ2v) is 12.0. The molecule has 10 nitrogen and oxygen atoms in total. The Labute approximate surface area is 234 Å². The molecule has 1 fully saturated rings. The summed E-state index contributed by atoms with van der Waals surface area (Å²) in [7, 11) is 1.58. The highest BCUT2D eigenvalue weighted by Crippen LogP contribution is 2.67. The molecule has 1 aromatic rings. The van der Waals surface area contributed by atoms with Gasteiger partial charge >= 0.3 is 11.9 Å². The molecule has 1 heterocycles. The van der Waals surface area contributed by atoms with E-state index in [1.165, 1.54) is 6.92 Å². The summed E-state index contributed by atoms with van der Waals surface area (Å²) in [4.78, 5) is 37.5. The van der Waals surface area contributed by atoms with Crippen LogP contribution >= 0.6 is 0 Å². The van der Waals surface area contributed by atoms with E-state index >= 15 is 0 Å². The monoisotopic (exact) mass is 556 g/mol. The van der Waals surface area contributed by atoms with Gasteiger partial charge in [-0.25, -0.2) is 4.79 Å². The third-order valence-corrected chi connectivity index (χ3v) is 9.02. The van der Waals surface area contributed by atoms with Gasteiger partial charge in [0.25, 0.3) is 0 Å². The highest BCUT2D eigenvalue weighted by molar-refractivity contribution is 5.83. The lowest BCUT2D eigenvalue weighted by Gasteiger charge is -2.59. The van der Waals surface area contributed by atoms with Gasteiger partial charge in [0.2, 0.25) is 5.91 Å². The van der Waals surface area contributed by atoms with Crippen molar-refractivity contribution in [2.24, 2.45) is 17.6 Å². The molecule has 0 radical (unpaired) electrons. The van der Waals surface area contributed by atoms with E-state index in [-0.39, 0.29) is 30.7 Å². The molecule has 4 N–H and O–H groups in total. The molecule has 0 unspecified atom stereocenters. The molecule has 5 rings (SSSR count). The molecule has 1 aliphatic heterocycles. The molecule has 6 atom stereocenters. The number of nitrogens with one attached hydrogen (secondary N) is 1. The highest BCUT2D eigenvalue weighted by Gasteiger charge is 2.71. The van der Waals surface area contributed by atoms with E-state index in [4.69, 9.17) is 24.7 Å². The Balaban J connectivity index is 1.25. The molecule has 2 bridgehead atoms. The average molecular weight is 557 g/mol. The maximum atomic E-state index is 13.0. The number of aliphatic hydroxyl groups is 1. The maximum absolute atomic E-state index is 13.0. The molecule has 1 spiro atoms. The van der Waals surface area contributed by atoms with Crippen molar-refractivity contribution in [3.8, 4) is 11.5 Å². The summed E-state index contributed by atoms with van der Waals surface area (Å²) in [5.74, 6) is 0.136. The smallest absolute Gasteiger partial charge is 0.352 e. The number of hydrogen-bond donors (Lipinski definition) is 3. The predicted octanol–water partition coefficient (Wildman–Crippen LogP) is 2.42. The normalized spacial score (nSPS) is 28.9. The Morgan fingerprint density at radius 3 is 2.75 bits per heavy atom. The number of amides is 1. The van der Waals surface area contributed by atoms with E-state index in [2.05, 4.69) is 11.4 Å². The Bertz CT molecular complexity index is 1230. The molecule has 0 aromatic heterocycles. The summed E-state index contributed by atoms with van der Waals surface area (Å²) in [5.41, 5.74) is 6.20. The van der Waals surface area contributed by atoms with Gasteiger partial charge in [-0.1, -0.05) is 26.3 Å². The summed E-state index contributed by atoms with van der Waals surface area (Å²) in [5, 5.41) is 14.8. The lowest BCUT2D eigenvalue weighted by atomic mass is 9.47. The van der Waals surface area contributed by atoms with Crippen LogP contribution in [0.2, 0.25) is 0 Å². The summed E-state index contributed by atoms with van der Waals surface area (Å²) >= 11 is 0. The molecule has 4 aliphatic rings. The zero-order valence-corrected chi connectivity index (χ0v) is 23.7. The lowest BCUT2D eigenvalue weighted by molar-refractivity contribution is -0.171. The van der Waals surface area contributed by atoms with Gasteiger partial charge in [-0.05, 0) is 68.6 Å².